The van der Waals surface area contributed by atoms with E-state index in [4.69, 9.17) is 0 Å². The zero-order valence-electron chi connectivity index (χ0n) is 10.8. The van der Waals surface area contributed by atoms with Gasteiger partial charge >= 0.3 is 5.97 Å². The number of hydrogen-bond donors (Lipinski definition) is 1. The van der Waals surface area contributed by atoms with E-state index in [-0.39, 0.29) is 30.0 Å². The van der Waals surface area contributed by atoms with Crippen molar-refractivity contribution >= 4 is 17.3 Å². The van der Waals surface area contributed by atoms with Gasteiger partial charge in [0.25, 0.3) is 0 Å². The summed E-state index contributed by atoms with van der Waals surface area (Å²) in [6, 6.07) is 3.88. The summed E-state index contributed by atoms with van der Waals surface area (Å²) in [5, 5.41) is 30.5. The van der Waals surface area contributed by atoms with E-state index in [0.29, 0.717) is 13.1 Å². The summed E-state index contributed by atoms with van der Waals surface area (Å²) < 4.78 is -1.17. The second kappa shape index (κ2) is 3.96. The lowest BCUT2D eigenvalue weighted by molar-refractivity contribution is -0.606. The number of nitro groups is 2. The van der Waals surface area contributed by atoms with Gasteiger partial charge in [-0.1, -0.05) is 0 Å². The summed E-state index contributed by atoms with van der Waals surface area (Å²) in [5.41, 5.74) is 0.110. The molecule has 2 aliphatic heterocycles. The number of nitrogens with zero attached hydrogens (tertiary/aromatic N) is 4. The molecule has 1 aromatic carbocycles. The number of aromatic carboxylic acids is 1. The van der Waals surface area contributed by atoms with Crippen LogP contribution in [0.1, 0.15) is 10.4 Å². The second-order valence-corrected chi connectivity index (χ2v) is 5.22. The lowest BCUT2D eigenvalue weighted by atomic mass is 10.1. The number of benzene rings is 1. The van der Waals surface area contributed by atoms with Crippen molar-refractivity contribution in [1.29, 1.82) is 0 Å². The molecule has 0 aliphatic carbocycles. The van der Waals surface area contributed by atoms with Gasteiger partial charge in [0.2, 0.25) is 21.4 Å². The minimum atomic E-state index is -1.28. The van der Waals surface area contributed by atoms with Crippen LogP contribution in [0.4, 0.5) is 11.4 Å². The Balaban J connectivity index is 2.15. The summed E-state index contributed by atoms with van der Waals surface area (Å²) in [6.45, 7) is 0.985. The lowest BCUT2D eigenvalue weighted by Gasteiger charge is -2.11. The van der Waals surface area contributed by atoms with Crippen LogP contribution in [0.15, 0.2) is 18.2 Å². The van der Waals surface area contributed by atoms with Crippen LogP contribution >= 0.6 is 0 Å². The molecule has 0 aromatic heterocycles. The Kier molecular flexibility index (Phi) is 2.53. The molecule has 0 amide bonds. The first-order valence-electron chi connectivity index (χ1n) is 6.26. The molecular formula is C11H12N4O6+2. The second-order valence-electron chi connectivity index (χ2n) is 5.22. The van der Waals surface area contributed by atoms with Crippen LogP contribution in [0.25, 0.3) is 0 Å². The van der Waals surface area contributed by atoms with Gasteiger partial charge in [0.15, 0.2) is 26.2 Å². The Hall–Kier alpha value is -2.59. The predicted molar refractivity (Wildman–Crippen MR) is 70.4 cm³/mol. The molecule has 0 bridgehead atoms. The number of rotatable bonds is 5. The van der Waals surface area contributed by atoms with Gasteiger partial charge in [-0.15, -0.1) is 0 Å². The van der Waals surface area contributed by atoms with Gasteiger partial charge in [0.05, 0.1) is 6.07 Å². The maximum atomic E-state index is 11.3. The maximum Gasteiger partial charge on any atom is 0.342 e. The van der Waals surface area contributed by atoms with Gasteiger partial charge in [-0.2, -0.15) is 0 Å². The highest BCUT2D eigenvalue weighted by Crippen LogP contribution is 2.41. The van der Waals surface area contributed by atoms with Gasteiger partial charge in [-0.25, -0.2) is 25.0 Å². The topological polar surface area (TPSA) is 124 Å². The molecule has 1 aromatic rings. The predicted octanol–water partition coefficient (Wildman–Crippen LogP) is 0.410. The third kappa shape index (κ3) is 1.76. The third-order valence-corrected chi connectivity index (χ3v) is 4.06. The van der Waals surface area contributed by atoms with E-state index in [1.807, 2.05) is 0 Å². The van der Waals surface area contributed by atoms with Crippen LogP contribution in [0, 0.1) is 20.2 Å². The molecule has 2 saturated heterocycles. The molecule has 0 spiro atoms. The van der Waals surface area contributed by atoms with Crippen LogP contribution < -0.4 is 9.18 Å². The van der Waals surface area contributed by atoms with Crippen molar-refractivity contribution in [3.8, 4) is 0 Å². The van der Waals surface area contributed by atoms with E-state index < -0.39 is 25.2 Å². The fourth-order valence-electron chi connectivity index (χ4n) is 2.50. The van der Waals surface area contributed by atoms with Crippen molar-refractivity contribution in [3.05, 3.63) is 44.0 Å². The SMILES string of the molecule is O=C(O)c1ccc([N+]2([N+](=O)[O-])CC2)cc1[N+]1([N+](=O)[O-])CC1. The molecule has 21 heavy (non-hydrogen) atoms. The largest absolute Gasteiger partial charge is 0.477 e. The molecule has 10 nitrogen and oxygen atoms in total. The molecule has 110 valence electrons. The van der Waals surface area contributed by atoms with E-state index in [0.717, 1.165) is 0 Å². The number of carboxylic acid groups (broad SMARTS) is 1. The van der Waals surface area contributed by atoms with E-state index in [9.17, 15) is 30.1 Å². The van der Waals surface area contributed by atoms with Crippen LogP contribution in [0.3, 0.4) is 0 Å². The highest BCUT2D eigenvalue weighted by atomic mass is 16.7. The normalized spacial score (nSPS) is 20.6. The molecule has 0 radical (unpaired) electrons. The molecule has 0 saturated carbocycles. The van der Waals surface area contributed by atoms with E-state index >= 15 is 0 Å². The Morgan fingerprint density at radius 2 is 1.57 bits per heavy atom. The fraction of sp³-hybridized carbons (Fsp3) is 0.364. The van der Waals surface area contributed by atoms with Crippen molar-refractivity contribution in [3.63, 3.8) is 0 Å². The quantitative estimate of drug-likeness (QED) is 0.363. The van der Waals surface area contributed by atoms with E-state index in [1.165, 1.54) is 18.2 Å². The molecule has 2 fully saturated rings. The number of hydrogen-bond acceptors (Lipinski definition) is 5. The van der Waals surface area contributed by atoms with Gasteiger partial charge in [0.1, 0.15) is 5.56 Å². The Morgan fingerprint density at radius 1 is 1.05 bits per heavy atom. The van der Waals surface area contributed by atoms with Crippen molar-refractivity contribution < 1.29 is 20.0 Å². The third-order valence-electron chi connectivity index (χ3n) is 4.06. The van der Waals surface area contributed by atoms with E-state index in [2.05, 4.69) is 0 Å². The lowest BCUT2D eigenvalue weighted by Crippen LogP contribution is -2.36. The van der Waals surface area contributed by atoms with Crippen LogP contribution in [-0.2, 0) is 0 Å². The molecule has 2 heterocycles. The highest BCUT2D eigenvalue weighted by Gasteiger charge is 2.63. The van der Waals surface area contributed by atoms with Crippen LogP contribution in [-0.4, -0.2) is 47.3 Å². The summed E-state index contributed by atoms with van der Waals surface area (Å²) in [6.07, 6.45) is 0. The van der Waals surface area contributed by atoms with Crippen molar-refractivity contribution in [1.82, 2.24) is 9.18 Å². The summed E-state index contributed by atoms with van der Waals surface area (Å²) in [7, 11) is 0. The van der Waals surface area contributed by atoms with Gasteiger partial charge < -0.3 is 5.11 Å². The molecule has 0 atom stereocenters. The van der Waals surface area contributed by atoms with Gasteiger partial charge in [-0.3, -0.25) is 0 Å². The first-order chi connectivity index (χ1) is 9.83. The first kappa shape index (κ1) is 13.4. The molecule has 1 N–H and O–H groups in total. The summed E-state index contributed by atoms with van der Waals surface area (Å²) in [5.74, 6) is -1.28. The number of quaternary nitrogens is 2. The first-order valence-corrected chi connectivity index (χ1v) is 6.26. The fourth-order valence-corrected chi connectivity index (χ4v) is 2.50. The van der Waals surface area contributed by atoms with Crippen LogP contribution in [0.2, 0.25) is 0 Å². The Morgan fingerprint density at radius 3 is 1.95 bits per heavy atom. The monoisotopic (exact) mass is 296 g/mol. The summed E-state index contributed by atoms with van der Waals surface area (Å²) in [4.78, 5) is 33.6. The highest BCUT2D eigenvalue weighted by molar-refractivity contribution is 5.95. The zero-order chi connectivity index (χ0) is 15.4. The standard InChI is InChI=1S/C11H11N4O6/c16-11(17)9-2-1-8(14(3-4-14)12(18)19)7-10(9)15(5-6-15)13(20)21/h1-2,7H,3-6H2/q+1/p+1. The average Bonchev–Trinajstić information content (AvgIpc) is 3.30. The maximum absolute atomic E-state index is 11.3. The van der Waals surface area contributed by atoms with Gasteiger partial charge in [0, 0.05) is 6.07 Å². The van der Waals surface area contributed by atoms with Crippen molar-refractivity contribution in [2.45, 2.75) is 0 Å². The molecule has 3 rings (SSSR count). The Labute approximate surface area is 117 Å². The molecular weight excluding hydrogens is 284 g/mol. The van der Waals surface area contributed by atoms with Crippen LogP contribution in [0.5, 0.6) is 0 Å². The number of carboxylic acids is 1. The summed E-state index contributed by atoms with van der Waals surface area (Å²) >= 11 is 0. The zero-order valence-corrected chi connectivity index (χ0v) is 10.8. The Bertz CT molecular complexity index is 679. The smallest absolute Gasteiger partial charge is 0.342 e. The molecule has 10 heteroatoms. The molecule has 2 aliphatic rings. The number of carbonyl (C=O) groups is 1. The molecule has 0 unspecified atom stereocenters. The average molecular weight is 296 g/mol. The van der Waals surface area contributed by atoms with Crippen molar-refractivity contribution in [2.24, 2.45) is 0 Å². The van der Waals surface area contributed by atoms with Crippen molar-refractivity contribution in [2.75, 3.05) is 26.2 Å². The van der Waals surface area contributed by atoms with Gasteiger partial charge in [-0.05, 0) is 15.3 Å². The van der Waals surface area contributed by atoms with E-state index in [1.54, 1.807) is 0 Å². The minimum absolute atomic E-state index is 0.0104. The minimum Gasteiger partial charge on any atom is -0.477 e.